The van der Waals surface area contributed by atoms with Crippen molar-refractivity contribution in [3.8, 4) is 0 Å². The first kappa shape index (κ1) is 14.2. The Morgan fingerprint density at radius 2 is 2.07 bits per heavy atom. The highest BCUT2D eigenvalue weighted by Gasteiger charge is 2.19. The highest BCUT2D eigenvalue weighted by Crippen LogP contribution is 2.24. The van der Waals surface area contributed by atoms with Gasteiger partial charge in [-0.05, 0) is 11.3 Å². The van der Waals surface area contributed by atoms with Crippen LogP contribution < -0.4 is 10.6 Å². The van der Waals surface area contributed by atoms with Gasteiger partial charge in [-0.2, -0.15) is 0 Å². The van der Waals surface area contributed by atoms with E-state index in [1.807, 2.05) is 0 Å². The van der Waals surface area contributed by atoms with Crippen molar-refractivity contribution in [2.45, 2.75) is 27.7 Å². The molecule has 1 amide bonds. The third-order valence-corrected chi connectivity index (χ3v) is 2.66. The van der Waals surface area contributed by atoms with E-state index in [2.05, 4.69) is 44.9 Å². The summed E-state index contributed by atoms with van der Waals surface area (Å²) < 4.78 is 0. The highest BCUT2D eigenvalue weighted by molar-refractivity contribution is 5.77. The van der Waals surface area contributed by atoms with Gasteiger partial charge in [-0.1, -0.05) is 33.8 Å². The predicted molar refractivity (Wildman–Crippen MR) is 64.7 cm³/mol. The van der Waals surface area contributed by atoms with Crippen LogP contribution in [0.3, 0.4) is 0 Å². The van der Waals surface area contributed by atoms with Gasteiger partial charge in [0.05, 0.1) is 6.54 Å². The third-order valence-electron chi connectivity index (χ3n) is 2.66. The average Bonchev–Trinajstić information content (AvgIpc) is 2.13. The van der Waals surface area contributed by atoms with E-state index in [0.717, 1.165) is 6.54 Å². The normalized spacial score (nSPS) is 13.3. The number of carbonyl (C=O) groups is 1. The molecule has 0 aliphatic carbocycles. The van der Waals surface area contributed by atoms with Crippen LogP contribution in [-0.2, 0) is 4.79 Å². The fourth-order valence-electron chi connectivity index (χ4n) is 0.923. The molecule has 0 aliphatic rings. The molecule has 0 aromatic carbocycles. The lowest BCUT2D eigenvalue weighted by molar-refractivity contribution is -0.120. The van der Waals surface area contributed by atoms with E-state index in [-0.39, 0.29) is 11.3 Å². The molecule has 0 bridgehead atoms. The predicted octanol–water partition coefficient (Wildman–Crippen LogP) is 1.56. The quantitative estimate of drug-likeness (QED) is 0.518. The first-order valence-corrected chi connectivity index (χ1v) is 5.46. The van der Waals surface area contributed by atoms with Crippen LogP contribution in [-0.4, -0.2) is 25.5 Å². The van der Waals surface area contributed by atoms with Gasteiger partial charge in [0.1, 0.15) is 0 Å². The van der Waals surface area contributed by atoms with Crippen molar-refractivity contribution in [2.24, 2.45) is 11.3 Å². The molecule has 0 aromatic heterocycles. The minimum absolute atomic E-state index is 0.0490. The largest absolute Gasteiger partial charge is 0.355 e. The van der Waals surface area contributed by atoms with Crippen LogP contribution in [0.15, 0.2) is 12.7 Å². The topological polar surface area (TPSA) is 41.1 Å². The molecule has 0 fully saturated rings. The second-order valence-electron chi connectivity index (χ2n) is 4.99. The number of hydrogen-bond donors (Lipinski definition) is 2. The molecule has 0 spiro atoms. The van der Waals surface area contributed by atoms with E-state index in [1.54, 1.807) is 6.08 Å². The second kappa shape index (κ2) is 6.62. The molecule has 2 N–H and O–H groups in total. The number of rotatable bonds is 6. The number of nitrogens with one attached hydrogen (secondary N) is 2. The molecule has 0 heterocycles. The lowest BCUT2D eigenvalue weighted by atomic mass is 9.82. The Hall–Kier alpha value is -0.830. The summed E-state index contributed by atoms with van der Waals surface area (Å²) >= 11 is 0. The zero-order chi connectivity index (χ0) is 11.9. The van der Waals surface area contributed by atoms with Crippen LogP contribution in [0.4, 0.5) is 0 Å². The standard InChI is InChI=1S/C12H24N2O/c1-6-7-13-9-11(15)14-8-10(2)12(3,4)5/h6,10,13H,1,7-9H2,2-5H3,(H,14,15). The summed E-state index contributed by atoms with van der Waals surface area (Å²) in [5, 5.41) is 5.88. The summed E-state index contributed by atoms with van der Waals surface area (Å²) in [6.45, 7) is 14.0. The molecular formula is C12H24N2O. The van der Waals surface area contributed by atoms with E-state index in [0.29, 0.717) is 19.0 Å². The average molecular weight is 212 g/mol. The van der Waals surface area contributed by atoms with E-state index >= 15 is 0 Å². The summed E-state index contributed by atoms with van der Waals surface area (Å²) in [5.74, 6) is 0.522. The molecule has 0 saturated heterocycles. The van der Waals surface area contributed by atoms with E-state index in [9.17, 15) is 4.79 Å². The molecule has 0 aromatic rings. The van der Waals surface area contributed by atoms with Gasteiger partial charge in [-0.15, -0.1) is 6.58 Å². The summed E-state index contributed by atoms with van der Waals surface area (Å²) in [6.07, 6.45) is 1.74. The van der Waals surface area contributed by atoms with Gasteiger partial charge < -0.3 is 10.6 Å². The van der Waals surface area contributed by atoms with Crippen molar-refractivity contribution in [1.29, 1.82) is 0 Å². The second-order valence-corrected chi connectivity index (χ2v) is 4.99. The highest BCUT2D eigenvalue weighted by atomic mass is 16.1. The van der Waals surface area contributed by atoms with E-state index in [4.69, 9.17) is 0 Å². The Labute approximate surface area is 93.3 Å². The monoisotopic (exact) mass is 212 g/mol. The van der Waals surface area contributed by atoms with Crippen LogP contribution in [0.2, 0.25) is 0 Å². The smallest absolute Gasteiger partial charge is 0.233 e. The Balaban J connectivity index is 3.67. The number of amides is 1. The lowest BCUT2D eigenvalue weighted by Crippen LogP contribution is -2.38. The maximum Gasteiger partial charge on any atom is 0.233 e. The Morgan fingerprint density at radius 3 is 2.53 bits per heavy atom. The molecule has 1 unspecified atom stereocenters. The molecule has 0 rings (SSSR count). The first-order chi connectivity index (χ1) is 6.88. The van der Waals surface area contributed by atoms with Crippen molar-refractivity contribution >= 4 is 5.91 Å². The molecule has 0 aliphatic heterocycles. The summed E-state index contributed by atoms with van der Waals surface area (Å²) in [7, 11) is 0. The summed E-state index contributed by atoms with van der Waals surface area (Å²) in [5.41, 5.74) is 0.238. The Bertz CT molecular complexity index is 206. The van der Waals surface area contributed by atoms with Crippen LogP contribution >= 0.6 is 0 Å². The number of carbonyl (C=O) groups excluding carboxylic acids is 1. The van der Waals surface area contributed by atoms with Crippen molar-refractivity contribution in [2.75, 3.05) is 19.6 Å². The molecule has 1 atom stereocenters. The minimum Gasteiger partial charge on any atom is -0.355 e. The van der Waals surface area contributed by atoms with Crippen molar-refractivity contribution < 1.29 is 4.79 Å². The maximum atomic E-state index is 11.3. The van der Waals surface area contributed by atoms with Crippen LogP contribution in [0.1, 0.15) is 27.7 Å². The van der Waals surface area contributed by atoms with Gasteiger partial charge in [0, 0.05) is 13.1 Å². The van der Waals surface area contributed by atoms with Gasteiger partial charge in [0.15, 0.2) is 0 Å². The molecule has 88 valence electrons. The molecule has 15 heavy (non-hydrogen) atoms. The Kier molecular flexibility index (Phi) is 6.25. The van der Waals surface area contributed by atoms with Crippen LogP contribution in [0.5, 0.6) is 0 Å². The van der Waals surface area contributed by atoms with E-state index in [1.165, 1.54) is 0 Å². The van der Waals surface area contributed by atoms with Gasteiger partial charge in [0.25, 0.3) is 0 Å². The van der Waals surface area contributed by atoms with Crippen molar-refractivity contribution in [3.63, 3.8) is 0 Å². The summed E-state index contributed by atoms with van der Waals surface area (Å²) in [6, 6.07) is 0. The molecule has 0 saturated carbocycles. The first-order valence-electron chi connectivity index (χ1n) is 5.46. The zero-order valence-corrected chi connectivity index (χ0v) is 10.4. The van der Waals surface area contributed by atoms with Crippen molar-refractivity contribution in [1.82, 2.24) is 10.6 Å². The summed E-state index contributed by atoms with van der Waals surface area (Å²) in [4.78, 5) is 11.3. The van der Waals surface area contributed by atoms with Gasteiger partial charge >= 0.3 is 0 Å². The van der Waals surface area contributed by atoms with Crippen LogP contribution in [0, 0.1) is 11.3 Å². The molecular weight excluding hydrogens is 188 g/mol. The SMILES string of the molecule is C=CCNCC(=O)NCC(C)C(C)(C)C. The fourth-order valence-corrected chi connectivity index (χ4v) is 0.923. The van der Waals surface area contributed by atoms with Crippen molar-refractivity contribution in [3.05, 3.63) is 12.7 Å². The van der Waals surface area contributed by atoms with Gasteiger partial charge in [-0.3, -0.25) is 4.79 Å². The Morgan fingerprint density at radius 1 is 1.47 bits per heavy atom. The van der Waals surface area contributed by atoms with Crippen LogP contribution in [0.25, 0.3) is 0 Å². The molecule has 3 nitrogen and oxygen atoms in total. The van der Waals surface area contributed by atoms with Gasteiger partial charge in [-0.25, -0.2) is 0 Å². The van der Waals surface area contributed by atoms with E-state index < -0.39 is 0 Å². The molecule has 0 radical (unpaired) electrons. The number of hydrogen-bond acceptors (Lipinski definition) is 2. The maximum absolute atomic E-state index is 11.3. The third kappa shape index (κ3) is 7.14. The zero-order valence-electron chi connectivity index (χ0n) is 10.4. The molecule has 3 heteroatoms. The van der Waals surface area contributed by atoms with Gasteiger partial charge in [0.2, 0.25) is 5.91 Å². The fraction of sp³-hybridized carbons (Fsp3) is 0.750. The minimum atomic E-state index is 0.0490. The lowest BCUT2D eigenvalue weighted by Gasteiger charge is -2.27.